The van der Waals surface area contributed by atoms with Crippen LogP contribution in [0.1, 0.15) is 19.3 Å². The topological polar surface area (TPSA) is 75.0 Å². The number of nitrogens with zero attached hydrogens (tertiary/aromatic N) is 2. The number of nitrogens with one attached hydrogen (secondary N) is 1. The van der Waals surface area contributed by atoms with Crippen LogP contribution in [0.5, 0.6) is 0 Å². The summed E-state index contributed by atoms with van der Waals surface area (Å²) >= 11 is 3.33. The van der Waals surface area contributed by atoms with Gasteiger partial charge in [-0.25, -0.2) is 4.98 Å². The minimum Gasteiger partial charge on any atom is -0.355 e. The summed E-state index contributed by atoms with van der Waals surface area (Å²) in [5.74, 6) is 2.13. The van der Waals surface area contributed by atoms with Gasteiger partial charge in [0.15, 0.2) is 0 Å². The van der Waals surface area contributed by atoms with Gasteiger partial charge in [-0.2, -0.15) is 0 Å². The zero-order valence-corrected chi connectivity index (χ0v) is 11.7. The maximum Gasteiger partial charge on any atom is 0.267 e. The second-order valence-electron chi connectivity index (χ2n) is 5.37. The number of hydrogen-bond acceptors (Lipinski definition) is 4. The van der Waals surface area contributed by atoms with Gasteiger partial charge in [-0.05, 0) is 47.0 Å². The van der Waals surface area contributed by atoms with Crippen LogP contribution in [0.4, 0.5) is 5.82 Å². The first-order valence-corrected chi connectivity index (χ1v) is 7.18. The molecule has 2 heterocycles. The Balaban J connectivity index is 1.83. The molecular formula is C12H17BrN4O. The Kier molecular flexibility index (Phi) is 3.15. The SMILES string of the molecule is NC1CC[C@@H]2CN(c3nc[nH]c(=O)c3Br)C[C@@H]2C1. The van der Waals surface area contributed by atoms with Crippen LogP contribution in [0.2, 0.25) is 0 Å². The maximum absolute atomic E-state index is 11.6. The standard InChI is InChI=1S/C12H17BrN4O/c13-10-11(15-6-16-12(10)18)17-4-7-1-2-9(14)3-8(7)5-17/h6-9H,1-5,14H2,(H,15,16,18)/t7-,8+,9?/m1/s1. The lowest BCUT2D eigenvalue weighted by Crippen LogP contribution is -2.32. The monoisotopic (exact) mass is 312 g/mol. The summed E-state index contributed by atoms with van der Waals surface area (Å²) in [4.78, 5) is 20.7. The van der Waals surface area contributed by atoms with Crippen molar-refractivity contribution in [3.05, 3.63) is 21.2 Å². The molecule has 1 aromatic rings. The predicted octanol–water partition coefficient (Wildman–Crippen LogP) is 1.10. The van der Waals surface area contributed by atoms with E-state index in [4.69, 9.17) is 5.73 Å². The third kappa shape index (κ3) is 2.07. The van der Waals surface area contributed by atoms with E-state index < -0.39 is 0 Å². The molecule has 1 saturated heterocycles. The van der Waals surface area contributed by atoms with E-state index in [1.165, 1.54) is 12.7 Å². The second kappa shape index (κ2) is 4.66. The quantitative estimate of drug-likeness (QED) is 0.814. The number of hydrogen-bond donors (Lipinski definition) is 2. The number of H-pyrrole nitrogens is 1. The molecule has 1 aromatic heterocycles. The van der Waals surface area contributed by atoms with Crippen molar-refractivity contribution >= 4 is 21.7 Å². The molecule has 5 nitrogen and oxygen atoms in total. The lowest BCUT2D eigenvalue weighted by Gasteiger charge is -2.27. The molecule has 3 N–H and O–H groups in total. The molecule has 6 heteroatoms. The highest BCUT2D eigenvalue weighted by molar-refractivity contribution is 9.10. The zero-order valence-electron chi connectivity index (χ0n) is 10.1. The van der Waals surface area contributed by atoms with Crippen LogP contribution in [-0.4, -0.2) is 29.1 Å². The molecule has 18 heavy (non-hydrogen) atoms. The van der Waals surface area contributed by atoms with E-state index in [0.29, 0.717) is 22.4 Å². The maximum atomic E-state index is 11.6. The first-order valence-electron chi connectivity index (χ1n) is 6.39. The summed E-state index contributed by atoms with van der Waals surface area (Å²) in [6, 6.07) is 0.349. The van der Waals surface area contributed by atoms with E-state index in [-0.39, 0.29) is 5.56 Å². The summed E-state index contributed by atoms with van der Waals surface area (Å²) in [6.07, 6.45) is 4.89. The molecule has 1 unspecified atom stereocenters. The Bertz CT molecular complexity index is 503. The Morgan fingerprint density at radius 3 is 3.00 bits per heavy atom. The fraction of sp³-hybridized carbons (Fsp3) is 0.667. The van der Waals surface area contributed by atoms with Gasteiger partial charge >= 0.3 is 0 Å². The first-order chi connectivity index (χ1) is 8.65. The largest absolute Gasteiger partial charge is 0.355 e. The van der Waals surface area contributed by atoms with Gasteiger partial charge in [0, 0.05) is 19.1 Å². The second-order valence-corrected chi connectivity index (χ2v) is 6.16. The van der Waals surface area contributed by atoms with Crippen molar-refractivity contribution in [3.63, 3.8) is 0 Å². The molecule has 0 bridgehead atoms. The molecule has 2 aliphatic rings. The van der Waals surface area contributed by atoms with Gasteiger partial charge in [-0.15, -0.1) is 0 Å². The van der Waals surface area contributed by atoms with E-state index in [1.807, 2.05) is 0 Å². The zero-order chi connectivity index (χ0) is 12.7. The van der Waals surface area contributed by atoms with Crippen LogP contribution in [0.3, 0.4) is 0 Å². The summed E-state index contributed by atoms with van der Waals surface area (Å²) < 4.78 is 0.535. The van der Waals surface area contributed by atoms with Crippen molar-refractivity contribution in [2.75, 3.05) is 18.0 Å². The van der Waals surface area contributed by atoms with Crippen molar-refractivity contribution in [3.8, 4) is 0 Å². The highest BCUT2D eigenvalue weighted by atomic mass is 79.9. The lowest BCUT2D eigenvalue weighted by molar-refractivity contribution is 0.271. The van der Waals surface area contributed by atoms with Gasteiger partial charge in [0.1, 0.15) is 10.3 Å². The van der Waals surface area contributed by atoms with E-state index in [1.54, 1.807) is 0 Å². The third-order valence-electron chi connectivity index (χ3n) is 4.17. The first kappa shape index (κ1) is 12.2. The van der Waals surface area contributed by atoms with Crippen molar-refractivity contribution < 1.29 is 0 Å². The van der Waals surface area contributed by atoms with Gasteiger partial charge in [-0.1, -0.05) is 0 Å². The minimum absolute atomic E-state index is 0.119. The van der Waals surface area contributed by atoms with Gasteiger partial charge in [-0.3, -0.25) is 4.79 Å². The minimum atomic E-state index is -0.119. The van der Waals surface area contributed by atoms with E-state index >= 15 is 0 Å². The van der Waals surface area contributed by atoms with Crippen LogP contribution in [0, 0.1) is 11.8 Å². The van der Waals surface area contributed by atoms with Gasteiger partial charge in [0.05, 0.1) is 6.33 Å². The normalized spacial score (nSPS) is 31.4. The number of rotatable bonds is 1. The molecule has 0 radical (unpaired) electrons. The number of halogens is 1. The number of fused-ring (bicyclic) bond motifs is 1. The smallest absolute Gasteiger partial charge is 0.267 e. The Morgan fingerprint density at radius 2 is 2.17 bits per heavy atom. The summed E-state index contributed by atoms with van der Waals surface area (Å²) in [6.45, 7) is 1.96. The fourth-order valence-electron chi connectivity index (χ4n) is 3.23. The van der Waals surface area contributed by atoms with Crippen LogP contribution in [-0.2, 0) is 0 Å². The van der Waals surface area contributed by atoms with Crippen molar-refractivity contribution in [2.24, 2.45) is 17.6 Å². The number of aromatic amines is 1. The Hall–Kier alpha value is -0.880. The summed E-state index contributed by atoms with van der Waals surface area (Å²) in [5.41, 5.74) is 5.91. The van der Waals surface area contributed by atoms with Crippen molar-refractivity contribution in [1.82, 2.24) is 9.97 Å². The van der Waals surface area contributed by atoms with E-state index in [0.717, 1.165) is 31.7 Å². The fourth-order valence-corrected chi connectivity index (χ4v) is 3.70. The highest BCUT2D eigenvalue weighted by Gasteiger charge is 2.37. The molecule has 1 aliphatic heterocycles. The Morgan fingerprint density at radius 1 is 1.39 bits per heavy atom. The number of aromatic nitrogens is 2. The summed E-state index contributed by atoms with van der Waals surface area (Å²) in [5, 5.41) is 0. The number of nitrogens with two attached hydrogens (primary N) is 1. The average molecular weight is 313 g/mol. The molecule has 2 fully saturated rings. The molecule has 0 amide bonds. The highest BCUT2D eigenvalue weighted by Crippen LogP contribution is 2.38. The van der Waals surface area contributed by atoms with Gasteiger partial charge < -0.3 is 15.6 Å². The molecule has 3 rings (SSSR count). The summed E-state index contributed by atoms with van der Waals surface area (Å²) in [7, 11) is 0. The average Bonchev–Trinajstić information content (AvgIpc) is 2.75. The van der Waals surface area contributed by atoms with Crippen LogP contribution < -0.4 is 16.2 Å². The molecule has 1 aliphatic carbocycles. The lowest BCUT2D eigenvalue weighted by atomic mass is 9.79. The van der Waals surface area contributed by atoms with Crippen LogP contribution in [0.25, 0.3) is 0 Å². The van der Waals surface area contributed by atoms with Crippen molar-refractivity contribution in [2.45, 2.75) is 25.3 Å². The molecule has 0 aromatic carbocycles. The number of anilines is 1. The Labute approximate surface area is 114 Å². The molecular weight excluding hydrogens is 296 g/mol. The molecule has 0 spiro atoms. The van der Waals surface area contributed by atoms with E-state index in [9.17, 15) is 4.79 Å². The molecule has 3 atom stereocenters. The van der Waals surface area contributed by atoms with Crippen molar-refractivity contribution in [1.29, 1.82) is 0 Å². The predicted molar refractivity (Wildman–Crippen MR) is 73.6 cm³/mol. The molecule has 1 saturated carbocycles. The van der Waals surface area contributed by atoms with Crippen LogP contribution >= 0.6 is 15.9 Å². The third-order valence-corrected chi connectivity index (χ3v) is 4.88. The van der Waals surface area contributed by atoms with Gasteiger partial charge in [0.25, 0.3) is 5.56 Å². The molecule has 98 valence electrons. The van der Waals surface area contributed by atoms with Gasteiger partial charge in [0.2, 0.25) is 0 Å². The van der Waals surface area contributed by atoms with E-state index in [2.05, 4.69) is 30.8 Å². The van der Waals surface area contributed by atoms with Crippen LogP contribution in [0.15, 0.2) is 15.6 Å².